The van der Waals surface area contributed by atoms with Gasteiger partial charge >= 0.3 is 5.97 Å². The molecule has 3 N–H and O–H groups in total. The molecule has 0 aliphatic rings. The molecule has 4 nitrogen and oxygen atoms in total. The summed E-state index contributed by atoms with van der Waals surface area (Å²) in [6.45, 7) is 0. The minimum Gasteiger partial charge on any atom is -0.468 e. The first-order valence-corrected chi connectivity index (χ1v) is 4.95. The first-order valence-electron chi connectivity index (χ1n) is 4.95. The van der Waals surface area contributed by atoms with Crippen LogP contribution in [0, 0.1) is 17.5 Å². The molecule has 1 unspecified atom stereocenters. The number of halogens is 3. The molecule has 1 aromatic carbocycles. The van der Waals surface area contributed by atoms with Crippen molar-refractivity contribution < 1.29 is 22.7 Å². The number of benzene rings is 1. The largest absolute Gasteiger partial charge is 0.468 e. The van der Waals surface area contributed by atoms with Crippen LogP contribution in [0.4, 0.5) is 13.2 Å². The summed E-state index contributed by atoms with van der Waals surface area (Å²) in [7, 11) is 1.11. The Morgan fingerprint density at radius 2 is 2.06 bits per heavy atom. The molecule has 2 aromatic rings. The van der Waals surface area contributed by atoms with Gasteiger partial charge in [0.25, 0.3) is 0 Å². The highest BCUT2D eigenvalue weighted by atomic mass is 19.2. The van der Waals surface area contributed by atoms with Crippen LogP contribution in [0.3, 0.4) is 0 Å². The third-order valence-corrected chi connectivity index (χ3v) is 2.62. The molecule has 0 spiro atoms. The second-order valence-electron chi connectivity index (χ2n) is 3.65. The number of rotatable bonds is 2. The van der Waals surface area contributed by atoms with Gasteiger partial charge in [0.2, 0.25) is 0 Å². The van der Waals surface area contributed by atoms with Crippen molar-refractivity contribution >= 4 is 16.9 Å². The number of nitrogens with one attached hydrogen (secondary N) is 1. The second kappa shape index (κ2) is 4.34. The third-order valence-electron chi connectivity index (χ3n) is 2.62. The Kier molecular flexibility index (Phi) is 3.00. The zero-order valence-corrected chi connectivity index (χ0v) is 9.26. The zero-order chi connectivity index (χ0) is 13.4. The van der Waals surface area contributed by atoms with E-state index in [1.54, 1.807) is 0 Å². The van der Waals surface area contributed by atoms with Crippen LogP contribution in [-0.2, 0) is 9.53 Å². The van der Waals surface area contributed by atoms with Gasteiger partial charge in [-0.25, -0.2) is 13.2 Å². The average Bonchev–Trinajstić information content (AvgIpc) is 2.79. The highest BCUT2D eigenvalue weighted by Gasteiger charge is 2.24. The number of nitrogens with two attached hydrogens (primary N) is 1. The van der Waals surface area contributed by atoms with Crippen LogP contribution in [0.15, 0.2) is 12.3 Å². The lowest BCUT2D eigenvalue weighted by atomic mass is 10.1. The summed E-state index contributed by atoms with van der Waals surface area (Å²) in [4.78, 5) is 13.7. The van der Waals surface area contributed by atoms with Crippen molar-refractivity contribution in [2.24, 2.45) is 5.73 Å². The molecule has 0 saturated heterocycles. The van der Waals surface area contributed by atoms with Gasteiger partial charge in [-0.2, -0.15) is 0 Å². The van der Waals surface area contributed by atoms with E-state index >= 15 is 0 Å². The minimum absolute atomic E-state index is 0.0623. The average molecular weight is 258 g/mol. The van der Waals surface area contributed by atoms with Gasteiger partial charge in [-0.3, -0.25) is 4.79 Å². The number of methoxy groups -OCH3 is 1. The van der Waals surface area contributed by atoms with Gasteiger partial charge in [-0.05, 0) is 0 Å². The lowest BCUT2D eigenvalue weighted by Gasteiger charge is -2.08. The van der Waals surface area contributed by atoms with Crippen LogP contribution in [0.5, 0.6) is 0 Å². The Labute approximate surface area is 99.5 Å². The van der Waals surface area contributed by atoms with Gasteiger partial charge in [0.15, 0.2) is 11.6 Å². The highest BCUT2D eigenvalue weighted by molar-refractivity contribution is 5.90. The van der Waals surface area contributed by atoms with Crippen molar-refractivity contribution in [1.29, 1.82) is 0 Å². The number of esters is 1. The van der Waals surface area contributed by atoms with Crippen LogP contribution in [0.25, 0.3) is 10.9 Å². The van der Waals surface area contributed by atoms with E-state index in [-0.39, 0.29) is 16.5 Å². The van der Waals surface area contributed by atoms with Crippen LogP contribution < -0.4 is 5.73 Å². The molecule has 96 valence electrons. The van der Waals surface area contributed by atoms with Gasteiger partial charge < -0.3 is 15.5 Å². The summed E-state index contributed by atoms with van der Waals surface area (Å²) in [6.07, 6.45) is 1.15. The Balaban J connectivity index is 2.70. The number of aromatic amines is 1. The van der Waals surface area contributed by atoms with Crippen LogP contribution >= 0.6 is 0 Å². The Hall–Kier alpha value is -2.02. The molecule has 0 radical (unpaired) electrons. The number of fused-ring (bicyclic) bond motifs is 1. The van der Waals surface area contributed by atoms with Crippen molar-refractivity contribution in [1.82, 2.24) is 4.98 Å². The standard InChI is InChI=1S/C11H9F3N2O2/c1-18-11(17)9(15)4-3-16-10-6(13)2-5(12)8(14)7(4)10/h2-3,9,16H,15H2,1H3. The molecule has 0 fully saturated rings. The smallest absolute Gasteiger partial charge is 0.327 e. The number of ether oxygens (including phenoxy) is 1. The minimum atomic E-state index is -1.35. The fourth-order valence-corrected chi connectivity index (χ4v) is 1.73. The van der Waals surface area contributed by atoms with E-state index in [4.69, 9.17) is 5.73 Å². The lowest BCUT2D eigenvalue weighted by molar-refractivity contribution is -0.142. The quantitative estimate of drug-likeness (QED) is 0.637. The topological polar surface area (TPSA) is 68.1 Å². The van der Waals surface area contributed by atoms with Crippen molar-refractivity contribution in [2.75, 3.05) is 7.11 Å². The maximum absolute atomic E-state index is 13.6. The molecule has 1 heterocycles. The van der Waals surface area contributed by atoms with E-state index in [0.29, 0.717) is 6.07 Å². The molecule has 18 heavy (non-hydrogen) atoms. The monoisotopic (exact) mass is 258 g/mol. The predicted octanol–water partition coefficient (Wildman–Crippen LogP) is 1.76. The van der Waals surface area contributed by atoms with E-state index in [0.717, 1.165) is 13.3 Å². The zero-order valence-electron chi connectivity index (χ0n) is 9.26. The fraction of sp³-hybridized carbons (Fsp3) is 0.182. The van der Waals surface area contributed by atoms with Gasteiger partial charge in [-0.1, -0.05) is 0 Å². The Morgan fingerprint density at radius 1 is 1.39 bits per heavy atom. The van der Waals surface area contributed by atoms with E-state index in [2.05, 4.69) is 9.72 Å². The molecule has 0 aliphatic heterocycles. The third kappa shape index (κ3) is 1.72. The number of aromatic nitrogens is 1. The molecular formula is C11H9F3N2O2. The van der Waals surface area contributed by atoms with Crippen LogP contribution in [-0.4, -0.2) is 18.1 Å². The summed E-state index contributed by atoms with van der Waals surface area (Å²) in [5.41, 5.74) is 5.21. The number of H-pyrrole nitrogens is 1. The van der Waals surface area contributed by atoms with Crippen LogP contribution in [0.1, 0.15) is 11.6 Å². The maximum atomic E-state index is 13.6. The lowest BCUT2D eigenvalue weighted by Crippen LogP contribution is -2.22. The molecule has 0 saturated carbocycles. The van der Waals surface area contributed by atoms with Crippen molar-refractivity contribution in [3.63, 3.8) is 0 Å². The summed E-state index contributed by atoms with van der Waals surface area (Å²) in [5.74, 6) is -4.41. The van der Waals surface area contributed by atoms with E-state index in [9.17, 15) is 18.0 Å². The SMILES string of the molecule is COC(=O)C(N)c1c[nH]c2c(F)cc(F)c(F)c12. The summed E-state index contributed by atoms with van der Waals surface area (Å²) < 4.78 is 44.5. The number of hydrogen-bond acceptors (Lipinski definition) is 3. The molecule has 1 aromatic heterocycles. The Bertz CT molecular complexity index is 624. The maximum Gasteiger partial charge on any atom is 0.327 e. The molecule has 1 atom stereocenters. The molecule has 0 amide bonds. The summed E-state index contributed by atoms with van der Waals surface area (Å²) in [5, 5.41) is -0.384. The second-order valence-corrected chi connectivity index (χ2v) is 3.65. The molecule has 2 rings (SSSR count). The Morgan fingerprint density at radius 3 is 2.67 bits per heavy atom. The predicted molar refractivity (Wildman–Crippen MR) is 57.1 cm³/mol. The van der Waals surface area contributed by atoms with Crippen molar-refractivity contribution in [3.8, 4) is 0 Å². The summed E-state index contributed by atoms with van der Waals surface area (Å²) in [6, 6.07) is -0.902. The first kappa shape index (κ1) is 12.4. The number of carbonyl (C=O) groups is 1. The summed E-state index contributed by atoms with van der Waals surface area (Å²) >= 11 is 0. The normalized spacial score (nSPS) is 12.7. The van der Waals surface area contributed by atoms with E-state index < -0.39 is 29.5 Å². The highest BCUT2D eigenvalue weighted by Crippen LogP contribution is 2.29. The van der Waals surface area contributed by atoms with Gasteiger partial charge in [0.1, 0.15) is 11.9 Å². The molecule has 0 bridgehead atoms. The van der Waals surface area contributed by atoms with Gasteiger partial charge in [0.05, 0.1) is 12.6 Å². The van der Waals surface area contributed by atoms with Gasteiger partial charge in [0, 0.05) is 23.2 Å². The number of hydrogen-bond donors (Lipinski definition) is 2. The van der Waals surface area contributed by atoms with Crippen molar-refractivity contribution in [3.05, 3.63) is 35.3 Å². The van der Waals surface area contributed by atoms with Gasteiger partial charge in [-0.15, -0.1) is 0 Å². The molecule has 7 heteroatoms. The number of carbonyl (C=O) groups excluding carboxylic acids is 1. The molecule has 0 aliphatic carbocycles. The molecular weight excluding hydrogens is 249 g/mol. The van der Waals surface area contributed by atoms with Crippen molar-refractivity contribution in [2.45, 2.75) is 6.04 Å². The van der Waals surface area contributed by atoms with E-state index in [1.165, 1.54) is 0 Å². The van der Waals surface area contributed by atoms with E-state index in [1.807, 2.05) is 0 Å². The fourth-order valence-electron chi connectivity index (χ4n) is 1.73. The van der Waals surface area contributed by atoms with Crippen LogP contribution in [0.2, 0.25) is 0 Å². The first-order chi connectivity index (χ1) is 8.47.